The van der Waals surface area contributed by atoms with E-state index in [4.69, 9.17) is 5.73 Å². The van der Waals surface area contributed by atoms with Gasteiger partial charge in [0.1, 0.15) is 0 Å². The van der Waals surface area contributed by atoms with Gasteiger partial charge in [0.15, 0.2) is 0 Å². The van der Waals surface area contributed by atoms with Crippen LogP contribution in [0.25, 0.3) is 0 Å². The third-order valence-corrected chi connectivity index (χ3v) is 4.75. The summed E-state index contributed by atoms with van der Waals surface area (Å²) in [6.07, 6.45) is 12.4. The molecule has 0 aromatic rings. The standard InChI is InChI=1S/C14H26N2/c15-14(7-1-2-8-14)9-10-16(13-5-6-13)11-12-3-4-12/h12-13H,1-11,15H2. The van der Waals surface area contributed by atoms with E-state index in [1.807, 2.05) is 0 Å². The predicted molar refractivity (Wildman–Crippen MR) is 67.3 cm³/mol. The van der Waals surface area contributed by atoms with Crippen LogP contribution in [0.5, 0.6) is 0 Å². The fraction of sp³-hybridized carbons (Fsp3) is 1.00. The van der Waals surface area contributed by atoms with Crippen LogP contribution in [0.4, 0.5) is 0 Å². The van der Waals surface area contributed by atoms with Gasteiger partial charge in [-0.2, -0.15) is 0 Å². The number of rotatable bonds is 6. The number of nitrogens with zero attached hydrogens (tertiary/aromatic N) is 1. The highest BCUT2D eigenvalue weighted by Gasteiger charge is 2.35. The summed E-state index contributed by atoms with van der Waals surface area (Å²) in [7, 11) is 0. The molecule has 3 rings (SSSR count). The Balaban J connectivity index is 1.46. The smallest absolute Gasteiger partial charge is 0.0166 e. The maximum atomic E-state index is 6.45. The molecule has 3 saturated carbocycles. The van der Waals surface area contributed by atoms with Crippen LogP contribution >= 0.6 is 0 Å². The molecule has 92 valence electrons. The van der Waals surface area contributed by atoms with Crippen molar-refractivity contribution < 1.29 is 0 Å². The van der Waals surface area contributed by atoms with Crippen molar-refractivity contribution in [2.45, 2.75) is 69.4 Å². The van der Waals surface area contributed by atoms with Gasteiger partial charge in [0, 0.05) is 24.7 Å². The van der Waals surface area contributed by atoms with Gasteiger partial charge in [0.2, 0.25) is 0 Å². The van der Waals surface area contributed by atoms with Crippen LogP contribution in [0.3, 0.4) is 0 Å². The first-order valence-electron chi connectivity index (χ1n) is 7.28. The Labute approximate surface area is 99.6 Å². The van der Waals surface area contributed by atoms with Crippen molar-refractivity contribution in [1.82, 2.24) is 4.90 Å². The van der Waals surface area contributed by atoms with Gasteiger partial charge in [0.05, 0.1) is 0 Å². The SMILES string of the molecule is NC1(CCN(CC2CC2)C2CC2)CCCC1. The van der Waals surface area contributed by atoms with Gasteiger partial charge in [-0.15, -0.1) is 0 Å². The highest BCUT2D eigenvalue weighted by Crippen LogP contribution is 2.36. The summed E-state index contributed by atoms with van der Waals surface area (Å²) in [6.45, 7) is 2.65. The molecule has 2 N–H and O–H groups in total. The molecular formula is C14H26N2. The summed E-state index contributed by atoms with van der Waals surface area (Å²) in [6, 6.07) is 0.936. The molecule has 16 heavy (non-hydrogen) atoms. The van der Waals surface area contributed by atoms with Crippen molar-refractivity contribution in [2.75, 3.05) is 13.1 Å². The minimum atomic E-state index is 0.205. The van der Waals surface area contributed by atoms with Crippen molar-refractivity contribution in [1.29, 1.82) is 0 Å². The largest absolute Gasteiger partial charge is 0.325 e. The van der Waals surface area contributed by atoms with Crippen LogP contribution in [0, 0.1) is 5.92 Å². The molecule has 0 aromatic carbocycles. The van der Waals surface area contributed by atoms with Crippen LogP contribution in [0.2, 0.25) is 0 Å². The highest BCUT2D eigenvalue weighted by molar-refractivity contribution is 4.93. The first-order chi connectivity index (χ1) is 7.75. The van der Waals surface area contributed by atoms with E-state index >= 15 is 0 Å². The van der Waals surface area contributed by atoms with E-state index in [0.717, 1.165) is 12.0 Å². The minimum Gasteiger partial charge on any atom is -0.325 e. The van der Waals surface area contributed by atoms with Crippen molar-refractivity contribution in [3.05, 3.63) is 0 Å². The monoisotopic (exact) mass is 222 g/mol. The molecule has 0 radical (unpaired) electrons. The van der Waals surface area contributed by atoms with Crippen molar-refractivity contribution in [3.8, 4) is 0 Å². The Bertz CT molecular complexity index is 237. The van der Waals surface area contributed by atoms with E-state index in [2.05, 4.69) is 4.90 Å². The van der Waals surface area contributed by atoms with E-state index in [1.165, 1.54) is 70.9 Å². The molecule has 0 atom stereocenters. The van der Waals surface area contributed by atoms with E-state index in [1.54, 1.807) is 0 Å². The summed E-state index contributed by atoms with van der Waals surface area (Å²) >= 11 is 0. The minimum absolute atomic E-state index is 0.205. The molecule has 3 aliphatic rings. The lowest BCUT2D eigenvalue weighted by Crippen LogP contribution is -2.41. The average Bonchev–Trinajstić information content (AvgIpc) is 3.15. The molecule has 3 aliphatic carbocycles. The molecule has 2 nitrogen and oxygen atoms in total. The maximum Gasteiger partial charge on any atom is 0.0166 e. The highest BCUT2D eigenvalue weighted by atomic mass is 15.2. The normalized spacial score (nSPS) is 28.9. The molecule has 0 heterocycles. The molecule has 0 spiro atoms. The molecule has 0 saturated heterocycles. The molecule has 0 aliphatic heterocycles. The lowest BCUT2D eigenvalue weighted by Gasteiger charge is -2.29. The molecule has 3 fully saturated rings. The van der Waals surface area contributed by atoms with Gasteiger partial charge in [-0.1, -0.05) is 12.8 Å². The number of hydrogen-bond acceptors (Lipinski definition) is 2. The van der Waals surface area contributed by atoms with Gasteiger partial charge >= 0.3 is 0 Å². The van der Waals surface area contributed by atoms with E-state index in [0.29, 0.717) is 0 Å². The predicted octanol–water partition coefficient (Wildman–Crippen LogP) is 2.52. The van der Waals surface area contributed by atoms with Crippen molar-refractivity contribution in [2.24, 2.45) is 11.7 Å². The fourth-order valence-corrected chi connectivity index (χ4v) is 3.19. The first kappa shape index (κ1) is 11.0. The van der Waals surface area contributed by atoms with Gasteiger partial charge in [-0.05, 0) is 50.9 Å². The Kier molecular flexibility index (Phi) is 2.97. The van der Waals surface area contributed by atoms with E-state index in [9.17, 15) is 0 Å². The topological polar surface area (TPSA) is 29.3 Å². The Morgan fingerprint density at radius 2 is 1.75 bits per heavy atom. The van der Waals surface area contributed by atoms with Crippen LogP contribution in [0.15, 0.2) is 0 Å². The van der Waals surface area contributed by atoms with Gasteiger partial charge in [-0.3, -0.25) is 0 Å². The van der Waals surface area contributed by atoms with Crippen LogP contribution in [-0.4, -0.2) is 29.6 Å². The molecule has 0 amide bonds. The number of nitrogens with two attached hydrogens (primary N) is 1. The lowest BCUT2D eigenvalue weighted by molar-refractivity contribution is 0.222. The molecule has 0 unspecified atom stereocenters. The van der Waals surface area contributed by atoms with Crippen LogP contribution in [0.1, 0.15) is 57.8 Å². The van der Waals surface area contributed by atoms with Crippen molar-refractivity contribution >= 4 is 0 Å². The Hall–Kier alpha value is -0.0800. The fourth-order valence-electron chi connectivity index (χ4n) is 3.19. The maximum absolute atomic E-state index is 6.45. The Morgan fingerprint density at radius 3 is 2.31 bits per heavy atom. The second kappa shape index (κ2) is 4.30. The lowest BCUT2D eigenvalue weighted by atomic mass is 9.94. The van der Waals surface area contributed by atoms with E-state index in [-0.39, 0.29) is 5.54 Å². The van der Waals surface area contributed by atoms with Gasteiger partial charge in [-0.25, -0.2) is 0 Å². The zero-order valence-electron chi connectivity index (χ0n) is 10.5. The van der Waals surface area contributed by atoms with E-state index < -0.39 is 0 Å². The second-order valence-electron chi connectivity index (χ2n) is 6.49. The summed E-state index contributed by atoms with van der Waals surface area (Å²) < 4.78 is 0. The second-order valence-corrected chi connectivity index (χ2v) is 6.49. The third-order valence-electron chi connectivity index (χ3n) is 4.75. The summed E-state index contributed by atoms with van der Waals surface area (Å²) in [5.41, 5.74) is 6.65. The summed E-state index contributed by atoms with van der Waals surface area (Å²) in [5, 5.41) is 0. The quantitative estimate of drug-likeness (QED) is 0.748. The third kappa shape index (κ3) is 2.78. The van der Waals surface area contributed by atoms with Gasteiger partial charge in [0.25, 0.3) is 0 Å². The van der Waals surface area contributed by atoms with Crippen molar-refractivity contribution in [3.63, 3.8) is 0 Å². The zero-order chi connectivity index (χ0) is 11.0. The summed E-state index contributed by atoms with van der Waals surface area (Å²) in [5.74, 6) is 1.04. The Morgan fingerprint density at radius 1 is 1.06 bits per heavy atom. The molecule has 0 aromatic heterocycles. The van der Waals surface area contributed by atoms with Crippen LogP contribution < -0.4 is 5.73 Å². The molecule has 0 bridgehead atoms. The molecule has 2 heteroatoms. The zero-order valence-corrected chi connectivity index (χ0v) is 10.5. The van der Waals surface area contributed by atoms with Gasteiger partial charge < -0.3 is 10.6 Å². The summed E-state index contributed by atoms with van der Waals surface area (Å²) in [4.78, 5) is 2.75. The average molecular weight is 222 g/mol. The number of hydrogen-bond donors (Lipinski definition) is 1. The molecular weight excluding hydrogens is 196 g/mol. The first-order valence-corrected chi connectivity index (χ1v) is 7.28. The van der Waals surface area contributed by atoms with Crippen LogP contribution in [-0.2, 0) is 0 Å².